The molecule has 0 radical (unpaired) electrons. The number of hydrogen-bond donors (Lipinski definition) is 2. The third kappa shape index (κ3) is 6.41. The smallest absolute Gasteiger partial charge is 0.407 e. The maximum atomic E-state index is 12.9. The molecule has 8 heteroatoms. The van der Waals surface area contributed by atoms with Crippen molar-refractivity contribution >= 4 is 29.1 Å². The maximum absolute atomic E-state index is 12.9. The number of carbonyl (C=O) groups is 2. The number of fused-ring (bicyclic) bond motifs is 1. The van der Waals surface area contributed by atoms with Crippen LogP contribution in [0.25, 0.3) is 10.9 Å². The van der Waals surface area contributed by atoms with Crippen LogP contribution in [0.5, 0.6) is 0 Å². The van der Waals surface area contributed by atoms with Crippen molar-refractivity contribution in [3.05, 3.63) is 107 Å². The van der Waals surface area contributed by atoms with Crippen molar-refractivity contribution in [3.8, 4) is 6.07 Å². The number of carbonyl (C=O) groups excluding carboxylic acids is 2. The van der Waals surface area contributed by atoms with Gasteiger partial charge in [0.05, 0.1) is 24.5 Å². The quantitative estimate of drug-likeness (QED) is 0.267. The van der Waals surface area contributed by atoms with Gasteiger partial charge >= 0.3 is 6.09 Å². The summed E-state index contributed by atoms with van der Waals surface area (Å²) in [7, 11) is 0. The molecule has 3 aromatic carbocycles. The molecule has 0 aliphatic carbocycles. The molecule has 2 N–H and O–H groups in total. The van der Waals surface area contributed by atoms with Crippen LogP contribution in [0.2, 0.25) is 0 Å². The lowest BCUT2D eigenvalue weighted by atomic mass is 10.1. The second-order valence-corrected chi connectivity index (χ2v) is 8.34. The molecular weight excluding hydrogens is 466 g/mol. The van der Waals surface area contributed by atoms with Gasteiger partial charge in [0.25, 0.3) is 5.91 Å². The third-order valence-corrected chi connectivity index (χ3v) is 5.84. The molecule has 0 fully saturated rings. The zero-order chi connectivity index (χ0) is 26.0. The topological polar surface area (TPSA) is 109 Å². The summed E-state index contributed by atoms with van der Waals surface area (Å²) in [5.41, 5.74) is 6.77. The van der Waals surface area contributed by atoms with Gasteiger partial charge in [0.2, 0.25) is 0 Å². The molecule has 1 atom stereocenters. The lowest BCUT2D eigenvalue weighted by molar-refractivity contribution is -0.123. The van der Waals surface area contributed by atoms with E-state index in [2.05, 4.69) is 26.5 Å². The van der Waals surface area contributed by atoms with Crippen molar-refractivity contribution in [1.29, 1.82) is 5.26 Å². The summed E-state index contributed by atoms with van der Waals surface area (Å²) >= 11 is 0. The normalized spacial score (nSPS) is 11.7. The van der Waals surface area contributed by atoms with E-state index >= 15 is 0 Å². The maximum Gasteiger partial charge on any atom is 0.407 e. The number of nitrogens with one attached hydrogen (secondary N) is 2. The molecule has 8 nitrogen and oxygen atoms in total. The Bertz CT molecular complexity index is 1450. The minimum absolute atomic E-state index is 0.201. The van der Waals surface area contributed by atoms with Gasteiger partial charge in [-0.2, -0.15) is 10.4 Å². The van der Waals surface area contributed by atoms with E-state index < -0.39 is 18.0 Å². The lowest BCUT2D eigenvalue weighted by Crippen LogP contribution is -2.47. The van der Waals surface area contributed by atoms with Gasteiger partial charge < -0.3 is 14.6 Å². The number of hydrogen-bond acceptors (Lipinski definition) is 5. The van der Waals surface area contributed by atoms with Gasteiger partial charge in [-0.1, -0.05) is 66.7 Å². The molecule has 1 aromatic heterocycles. The summed E-state index contributed by atoms with van der Waals surface area (Å²) in [5.74, 6) is -0.458. The molecule has 37 heavy (non-hydrogen) atoms. The number of para-hydroxylation sites is 1. The fraction of sp³-hybridized carbons (Fsp3) is 0.172. The van der Waals surface area contributed by atoms with Crippen LogP contribution in [0.15, 0.2) is 90.2 Å². The molecule has 0 saturated carbocycles. The van der Waals surface area contributed by atoms with Crippen LogP contribution >= 0.6 is 0 Å². The fourth-order valence-corrected chi connectivity index (χ4v) is 4.08. The highest BCUT2D eigenvalue weighted by atomic mass is 16.5. The number of alkyl carbamates (subject to hydrolysis) is 1. The SMILES string of the molecule is CCOC(=O)N[C@H](Cc1ccccc1)C(=O)N/N=C\c1cn(Cc2ccccc2C#N)c2ccccc12. The Morgan fingerprint density at radius 2 is 1.78 bits per heavy atom. The largest absolute Gasteiger partial charge is 0.450 e. The third-order valence-electron chi connectivity index (χ3n) is 5.84. The van der Waals surface area contributed by atoms with Gasteiger partial charge in [-0.25, -0.2) is 10.2 Å². The molecule has 0 saturated heterocycles. The predicted molar refractivity (Wildman–Crippen MR) is 142 cm³/mol. The second kappa shape index (κ2) is 12.2. The van der Waals surface area contributed by atoms with Crippen molar-refractivity contribution in [2.45, 2.75) is 25.9 Å². The van der Waals surface area contributed by atoms with E-state index in [1.54, 1.807) is 19.2 Å². The Kier molecular flexibility index (Phi) is 8.29. The first-order chi connectivity index (χ1) is 18.1. The molecule has 0 aliphatic rings. The van der Waals surface area contributed by atoms with Crippen molar-refractivity contribution in [3.63, 3.8) is 0 Å². The average Bonchev–Trinajstić information content (AvgIpc) is 3.26. The molecule has 0 bridgehead atoms. The number of benzene rings is 3. The van der Waals surface area contributed by atoms with Crippen LogP contribution in [0.3, 0.4) is 0 Å². The zero-order valence-electron chi connectivity index (χ0n) is 20.4. The van der Waals surface area contributed by atoms with Crippen molar-refractivity contribution in [1.82, 2.24) is 15.3 Å². The lowest BCUT2D eigenvalue weighted by Gasteiger charge is -2.16. The number of amides is 2. The molecule has 4 aromatic rings. The van der Waals surface area contributed by atoms with Gasteiger partial charge in [0, 0.05) is 35.6 Å². The highest BCUT2D eigenvalue weighted by molar-refractivity contribution is 6.00. The molecule has 186 valence electrons. The van der Waals surface area contributed by atoms with E-state index in [0.29, 0.717) is 18.5 Å². The standard InChI is InChI=1S/C29H27N5O3/c1-2-37-29(36)32-26(16-21-10-4-3-5-11-21)28(35)33-31-18-24-20-34(27-15-9-8-14-25(24)27)19-23-13-7-6-12-22(23)17-30/h3-15,18,20,26H,2,16,19H2,1H3,(H,32,36)(H,33,35)/b31-18-/t26-/m1/s1. The predicted octanol–water partition coefficient (Wildman–Crippen LogP) is 4.37. The summed E-state index contributed by atoms with van der Waals surface area (Å²) in [6.07, 6.45) is 3.14. The van der Waals surface area contributed by atoms with Crippen LogP contribution in [0.4, 0.5) is 4.79 Å². The zero-order valence-corrected chi connectivity index (χ0v) is 20.4. The van der Waals surface area contributed by atoms with Crippen LogP contribution in [0, 0.1) is 11.3 Å². The highest BCUT2D eigenvalue weighted by Gasteiger charge is 2.21. The summed E-state index contributed by atoms with van der Waals surface area (Å²) in [5, 5.41) is 17.2. The van der Waals surface area contributed by atoms with Gasteiger partial charge in [-0.3, -0.25) is 4.79 Å². The molecule has 0 unspecified atom stereocenters. The van der Waals surface area contributed by atoms with E-state index in [0.717, 1.165) is 27.6 Å². The van der Waals surface area contributed by atoms with Crippen molar-refractivity contribution in [2.24, 2.45) is 5.10 Å². The Morgan fingerprint density at radius 3 is 2.57 bits per heavy atom. The number of aromatic nitrogens is 1. The molecule has 4 rings (SSSR count). The van der Waals surface area contributed by atoms with Crippen LogP contribution in [-0.4, -0.2) is 35.4 Å². The van der Waals surface area contributed by atoms with Crippen molar-refractivity contribution < 1.29 is 14.3 Å². The van der Waals surface area contributed by atoms with Gasteiger partial charge in [-0.05, 0) is 30.2 Å². The number of nitrogens with zero attached hydrogens (tertiary/aromatic N) is 3. The van der Waals surface area contributed by atoms with Gasteiger partial charge in [0.15, 0.2) is 0 Å². The second-order valence-electron chi connectivity index (χ2n) is 8.34. The Morgan fingerprint density at radius 1 is 1.05 bits per heavy atom. The number of hydrazone groups is 1. The first-order valence-corrected chi connectivity index (χ1v) is 11.9. The van der Waals surface area contributed by atoms with E-state index in [1.165, 1.54) is 0 Å². The van der Waals surface area contributed by atoms with E-state index in [1.807, 2.05) is 79.0 Å². The number of ether oxygens (including phenoxy) is 1. The van der Waals surface area contributed by atoms with E-state index in [4.69, 9.17) is 4.74 Å². The summed E-state index contributed by atoms with van der Waals surface area (Å²) < 4.78 is 7.01. The molecular formula is C29H27N5O3. The van der Waals surface area contributed by atoms with Crippen LogP contribution in [0.1, 0.15) is 29.2 Å². The molecule has 0 aliphatic heterocycles. The first-order valence-electron chi connectivity index (χ1n) is 11.9. The van der Waals surface area contributed by atoms with Crippen LogP contribution in [-0.2, 0) is 22.5 Å². The molecule has 2 amide bonds. The van der Waals surface area contributed by atoms with Crippen molar-refractivity contribution in [2.75, 3.05) is 6.61 Å². The van der Waals surface area contributed by atoms with E-state index in [9.17, 15) is 14.9 Å². The monoisotopic (exact) mass is 493 g/mol. The summed E-state index contributed by atoms with van der Waals surface area (Å²) in [6.45, 7) is 2.42. The number of rotatable bonds is 9. The summed E-state index contributed by atoms with van der Waals surface area (Å²) in [6, 6.07) is 26.1. The highest BCUT2D eigenvalue weighted by Crippen LogP contribution is 2.22. The minimum Gasteiger partial charge on any atom is -0.450 e. The molecule has 0 spiro atoms. The Labute approximate surface area is 215 Å². The van der Waals surface area contributed by atoms with Crippen LogP contribution < -0.4 is 10.7 Å². The van der Waals surface area contributed by atoms with E-state index in [-0.39, 0.29) is 6.61 Å². The Hall–Kier alpha value is -4.90. The Balaban J connectivity index is 1.52. The fourth-order valence-electron chi connectivity index (χ4n) is 4.08. The van der Waals surface area contributed by atoms with Gasteiger partial charge in [-0.15, -0.1) is 0 Å². The average molecular weight is 494 g/mol. The molecule has 1 heterocycles. The first kappa shape index (κ1) is 25.2. The number of nitriles is 1. The minimum atomic E-state index is -0.859. The van der Waals surface area contributed by atoms with Gasteiger partial charge in [0.1, 0.15) is 6.04 Å². The summed E-state index contributed by atoms with van der Waals surface area (Å²) in [4.78, 5) is 24.9.